The zero-order valence-corrected chi connectivity index (χ0v) is 11.1. The number of rotatable bonds is 5. The van der Waals surface area contributed by atoms with Crippen molar-refractivity contribution >= 4 is 11.1 Å². The molecule has 2 aromatic rings. The van der Waals surface area contributed by atoms with E-state index in [2.05, 4.69) is 18.8 Å². The Bertz CT molecular complexity index is 519. The number of methoxy groups -OCH3 is 1. The van der Waals surface area contributed by atoms with E-state index in [1.165, 1.54) is 0 Å². The number of ether oxygens (including phenoxy) is 1. The van der Waals surface area contributed by atoms with Gasteiger partial charge in [-0.2, -0.15) is 0 Å². The molecule has 2 rings (SSSR count). The number of para-hydroxylation sites is 1. The third-order valence-corrected chi connectivity index (χ3v) is 3.01. The standard InChI is InChI=1S/C14H20N2O2/c1-9(2)7-10(8-15)14-16-13-11(17-3)5-4-6-12(13)18-14/h4-6,9-10H,7-8,15H2,1-3H3. The van der Waals surface area contributed by atoms with Gasteiger partial charge in [-0.3, -0.25) is 0 Å². The monoisotopic (exact) mass is 248 g/mol. The number of benzene rings is 1. The van der Waals surface area contributed by atoms with Gasteiger partial charge in [-0.1, -0.05) is 19.9 Å². The van der Waals surface area contributed by atoms with Crippen molar-refractivity contribution in [2.75, 3.05) is 13.7 Å². The third-order valence-electron chi connectivity index (χ3n) is 3.01. The van der Waals surface area contributed by atoms with Crippen LogP contribution in [0.2, 0.25) is 0 Å². The van der Waals surface area contributed by atoms with Gasteiger partial charge in [0.25, 0.3) is 0 Å². The van der Waals surface area contributed by atoms with Crippen LogP contribution in [0.15, 0.2) is 22.6 Å². The molecule has 0 fully saturated rings. The van der Waals surface area contributed by atoms with E-state index in [0.717, 1.165) is 23.3 Å². The molecular formula is C14H20N2O2. The molecule has 0 saturated carbocycles. The first-order valence-corrected chi connectivity index (χ1v) is 6.29. The van der Waals surface area contributed by atoms with Crippen LogP contribution in [-0.4, -0.2) is 18.6 Å². The lowest BCUT2D eigenvalue weighted by Crippen LogP contribution is -2.14. The van der Waals surface area contributed by atoms with Crippen molar-refractivity contribution in [1.82, 2.24) is 4.98 Å². The maximum Gasteiger partial charge on any atom is 0.200 e. The van der Waals surface area contributed by atoms with Crippen molar-refractivity contribution in [1.29, 1.82) is 0 Å². The molecule has 0 radical (unpaired) electrons. The molecule has 2 N–H and O–H groups in total. The molecule has 1 aromatic carbocycles. The normalized spacial score (nSPS) is 13.2. The summed E-state index contributed by atoms with van der Waals surface area (Å²) in [6.45, 7) is 4.89. The number of aromatic nitrogens is 1. The van der Waals surface area contributed by atoms with Gasteiger partial charge in [0.15, 0.2) is 17.0 Å². The minimum absolute atomic E-state index is 0.169. The van der Waals surface area contributed by atoms with Gasteiger partial charge in [-0.25, -0.2) is 4.98 Å². The third kappa shape index (κ3) is 2.48. The molecule has 1 heterocycles. The summed E-state index contributed by atoms with van der Waals surface area (Å²) >= 11 is 0. The lowest BCUT2D eigenvalue weighted by atomic mass is 9.97. The van der Waals surface area contributed by atoms with Gasteiger partial charge in [0, 0.05) is 12.5 Å². The highest BCUT2D eigenvalue weighted by Crippen LogP contribution is 2.30. The Labute approximate surface area is 107 Å². The van der Waals surface area contributed by atoms with E-state index in [4.69, 9.17) is 14.9 Å². The molecule has 1 unspecified atom stereocenters. The van der Waals surface area contributed by atoms with Gasteiger partial charge in [-0.05, 0) is 24.5 Å². The number of nitrogens with zero attached hydrogens (tertiary/aromatic N) is 1. The van der Waals surface area contributed by atoms with E-state index in [1.807, 2.05) is 18.2 Å². The second-order valence-corrected chi connectivity index (χ2v) is 4.92. The lowest BCUT2D eigenvalue weighted by Gasteiger charge is -2.12. The van der Waals surface area contributed by atoms with Crippen molar-refractivity contribution in [3.63, 3.8) is 0 Å². The number of hydrogen-bond acceptors (Lipinski definition) is 4. The van der Waals surface area contributed by atoms with Crippen molar-refractivity contribution in [2.45, 2.75) is 26.2 Å². The van der Waals surface area contributed by atoms with Crippen molar-refractivity contribution < 1.29 is 9.15 Å². The van der Waals surface area contributed by atoms with Gasteiger partial charge in [0.2, 0.25) is 0 Å². The highest BCUT2D eigenvalue weighted by Gasteiger charge is 2.19. The Balaban J connectivity index is 2.39. The van der Waals surface area contributed by atoms with E-state index >= 15 is 0 Å². The predicted octanol–water partition coefficient (Wildman–Crippen LogP) is 2.92. The topological polar surface area (TPSA) is 61.3 Å². The second kappa shape index (κ2) is 5.40. The summed E-state index contributed by atoms with van der Waals surface area (Å²) in [6.07, 6.45) is 0.978. The molecule has 0 saturated heterocycles. The Morgan fingerprint density at radius 2 is 2.17 bits per heavy atom. The number of fused-ring (bicyclic) bond motifs is 1. The largest absolute Gasteiger partial charge is 0.494 e. The molecule has 1 atom stereocenters. The highest BCUT2D eigenvalue weighted by atomic mass is 16.5. The van der Waals surface area contributed by atoms with Crippen LogP contribution >= 0.6 is 0 Å². The van der Waals surface area contributed by atoms with E-state index in [0.29, 0.717) is 18.4 Å². The van der Waals surface area contributed by atoms with Gasteiger partial charge < -0.3 is 14.9 Å². The Kier molecular flexibility index (Phi) is 3.87. The molecule has 4 nitrogen and oxygen atoms in total. The average Bonchev–Trinajstić information content (AvgIpc) is 2.78. The first kappa shape index (κ1) is 12.9. The fourth-order valence-corrected chi connectivity index (χ4v) is 2.15. The second-order valence-electron chi connectivity index (χ2n) is 4.92. The minimum atomic E-state index is 0.169. The van der Waals surface area contributed by atoms with E-state index < -0.39 is 0 Å². The first-order valence-electron chi connectivity index (χ1n) is 6.29. The summed E-state index contributed by atoms with van der Waals surface area (Å²) < 4.78 is 11.1. The zero-order valence-electron chi connectivity index (χ0n) is 11.1. The number of oxazole rings is 1. The molecule has 1 aromatic heterocycles. The highest BCUT2D eigenvalue weighted by molar-refractivity contribution is 5.79. The summed E-state index contributed by atoms with van der Waals surface area (Å²) in [4.78, 5) is 4.54. The fourth-order valence-electron chi connectivity index (χ4n) is 2.15. The Morgan fingerprint density at radius 3 is 2.78 bits per heavy atom. The molecule has 18 heavy (non-hydrogen) atoms. The van der Waals surface area contributed by atoms with E-state index in [1.54, 1.807) is 7.11 Å². The SMILES string of the molecule is COc1cccc2oc(C(CN)CC(C)C)nc12. The molecule has 0 aliphatic rings. The number of hydrogen-bond donors (Lipinski definition) is 1. The summed E-state index contributed by atoms with van der Waals surface area (Å²) in [7, 11) is 1.64. The van der Waals surface area contributed by atoms with E-state index in [-0.39, 0.29) is 5.92 Å². The van der Waals surface area contributed by atoms with Crippen molar-refractivity contribution in [2.24, 2.45) is 11.7 Å². The lowest BCUT2D eigenvalue weighted by molar-refractivity contribution is 0.414. The fraction of sp³-hybridized carbons (Fsp3) is 0.500. The molecule has 98 valence electrons. The average molecular weight is 248 g/mol. The van der Waals surface area contributed by atoms with Crippen LogP contribution in [0.3, 0.4) is 0 Å². The summed E-state index contributed by atoms with van der Waals surface area (Å²) in [5, 5.41) is 0. The molecule has 0 spiro atoms. The van der Waals surface area contributed by atoms with Crippen LogP contribution in [0.4, 0.5) is 0 Å². The van der Waals surface area contributed by atoms with Crippen LogP contribution in [0, 0.1) is 5.92 Å². The zero-order chi connectivity index (χ0) is 13.1. The van der Waals surface area contributed by atoms with Gasteiger partial charge in [0.05, 0.1) is 7.11 Å². The summed E-state index contributed by atoms with van der Waals surface area (Å²) in [5.41, 5.74) is 7.35. The quantitative estimate of drug-likeness (QED) is 0.883. The minimum Gasteiger partial charge on any atom is -0.494 e. The van der Waals surface area contributed by atoms with Crippen molar-refractivity contribution in [3.05, 3.63) is 24.1 Å². The maximum absolute atomic E-state index is 5.81. The van der Waals surface area contributed by atoms with Gasteiger partial charge in [-0.15, -0.1) is 0 Å². The Hall–Kier alpha value is -1.55. The van der Waals surface area contributed by atoms with Crippen molar-refractivity contribution in [3.8, 4) is 5.75 Å². The Morgan fingerprint density at radius 1 is 1.39 bits per heavy atom. The van der Waals surface area contributed by atoms with Crippen LogP contribution in [-0.2, 0) is 0 Å². The van der Waals surface area contributed by atoms with Crippen LogP contribution in [0.25, 0.3) is 11.1 Å². The maximum atomic E-state index is 5.81. The molecule has 4 heteroatoms. The molecule has 0 amide bonds. The van der Waals surface area contributed by atoms with Crippen LogP contribution in [0.1, 0.15) is 32.1 Å². The molecule has 0 bridgehead atoms. The summed E-state index contributed by atoms with van der Waals surface area (Å²) in [5.74, 6) is 2.19. The predicted molar refractivity (Wildman–Crippen MR) is 71.8 cm³/mol. The smallest absolute Gasteiger partial charge is 0.200 e. The number of nitrogens with two attached hydrogens (primary N) is 1. The van der Waals surface area contributed by atoms with Gasteiger partial charge >= 0.3 is 0 Å². The molecule has 0 aliphatic carbocycles. The summed E-state index contributed by atoms with van der Waals surface area (Å²) in [6, 6.07) is 5.68. The van der Waals surface area contributed by atoms with Gasteiger partial charge in [0.1, 0.15) is 5.75 Å². The van der Waals surface area contributed by atoms with Crippen LogP contribution < -0.4 is 10.5 Å². The van der Waals surface area contributed by atoms with Crippen LogP contribution in [0.5, 0.6) is 5.75 Å². The molecular weight excluding hydrogens is 228 g/mol. The molecule has 0 aliphatic heterocycles. The first-order chi connectivity index (χ1) is 8.65. The van der Waals surface area contributed by atoms with E-state index in [9.17, 15) is 0 Å².